The number of hydrogen-bond acceptors (Lipinski definition) is 3. The van der Waals surface area contributed by atoms with Crippen LogP contribution in [-0.4, -0.2) is 18.7 Å². The molecule has 3 N–H and O–H groups in total. The second-order valence-corrected chi connectivity index (χ2v) is 4.71. The molecule has 0 aliphatic carbocycles. The van der Waals surface area contributed by atoms with E-state index in [4.69, 9.17) is 10.3 Å². The van der Waals surface area contributed by atoms with E-state index < -0.39 is 10.1 Å². The van der Waals surface area contributed by atoms with Crippen LogP contribution in [0.2, 0.25) is 0 Å². The molecule has 0 atom stereocenters. The zero-order chi connectivity index (χ0) is 10.6. The highest BCUT2D eigenvalue weighted by molar-refractivity contribution is 7.85. The van der Waals surface area contributed by atoms with Crippen molar-refractivity contribution < 1.29 is 13.0 Å². The summed E-state index contributed by atoms with van der Waals surface area (Å²) in [6.45, 7) is 0. The largest absolute Gasteiger partial charge is 0.399 e. The van der Waals surface area contributed by atoms with E-state index in [1.807, 2.05) is 12.1 Å². The van der Waals surface area contributed by atoms with Gasteiger partial charge in [-0.1, -0.05) is 12.1 Å². The van der Waals surface area contributed by atoms with Crippen LogP contribution in [-0.2, 0) is 16.5 Å². The molecule has 0 spiro atoms. The summed E-state index contributed by atoms with van der Waals surface area (Å²) in [6.07, 6.45) is 1.01. The maximum atomic E-state index is 10.4. The molecule has 5 heteroatoms. The molecule has 0 radical (unpaired) electrons. The Hall–Kier alpha value is -1.07. The van der Waals surface area contributed by atoms with Gasteiger partial charge < -0.3 is 5.73 Å². The lowest BCUT2D eigenvalue weighted by Crippen LogP contribution is -2.04. The quantitative estimate of drug-likeness (QED) is 0.582. The molecular weight excluding hydrogens is 202 g/mol. The van der Waals surface area contributed by atoms with Crippen LogP contribution in [0.3, 0.4) is 0 Å². The Kier molecular flexibility index (Phi) is 3.49. The fourth-order valence-corrected chi connectivity index (χ4v) is 1.72. The Bertz CT molecular complexity index is 400. The zero-order valence-electron chi connectivity index (χ0n) is 7.68. The molecule has 0 aromatic heterocycles. The minimum absolute atomic E-state index is 0.207. The van der Waals surface area contributed by atoms with Gasteiger partial charge in [0.2, 0.25) is 0 Å². The van der Waals surface area contributed by atoms with Crippen molar-refractivity contribution in [2.75, 3.05) is 11.5 Å². The minimum Gasteiger partial charge on any atom is -0.399 e. The molecule has 0 amide bonds. The topological polar surface area (TPSA) is 80.4 Å². The second kappa shape index (κ2) is 4.43. The summed E-state index contributed by atoms with van der Waals surface area (Å²) in [7, 11) is -3.84. The van der Waals surface area contributed by atoms with Crippen molar-refractivity contribution in [2.45, 2.75) is 12.8 Å². The van der Waals surface area contributed by atoms with Crippen LogP contribution in [0, 0.1) is 0 Å². The average molecular weight is 215 g/mol. The maximum absolute atomic E-state index is 10.4. The first-order chi connectivity index (χ1) is 6.47. The van der Waals surface area contributed by atoms with Crippen LogP contribution >= 0.6 is 0 Å². The summed E-state index contributed by atoms with van der Waals surface area (Å²) in [5, 5.41) is 0. The monoisotopic (exact) mass is 215 g/mol. The van der Waals surface area contributed by atoms with Crippen LogP contribution in [0.4, 0.5) is 5.69 Å². The molecule has 0 aliphatic rings. The molecule has 14 heavy (non-hydrogen) atoms. The summed E-state index contributed by atoms with van der Waals surface area (Å²) >= 11 is 0. The van der Waals surface area contributed by atoms with Gasteiger partial charge in [0.05, 0.1) is 5.75 Å². The molecular formula is C9H13NO3S. The Morgan fingerprint density at radius 2 is 2.07 bits per heavy atom. The van der Waals surface area contributed by atoms with E-state index in [-0.39, 0.29) is 5.75 Å². The fourth-order valence-electron chi connectivity index (χ4n) is 1.21. The summed E-state index contributed by atoms with van der Waals surface area (Å²) in [6, 6.07) is 7.26. The van der Waals surface area contributed by atoms with Gasteiger partial charge in [-0.3, -0.25) is 4.55 Å². The summed E-state index contributed by atoms with van der Waals surface area (Å²) in [4.78, 5) is 0. The van der Waals surface area contributed by atoms with Gasteiger partial charge in [-0.05, 0) is 30.5 Å². The van der Waals surface area contributed by atoms with Gasteiger partial charge in [0, 0.05) is 5.69 Å². The number of rotatable bonds is 4. The molecule has 0 saturated heterocycles. The molecule has 0 bridgehead atoms. The Labute approximate surface area is 83.5 Å². The zero-order valence-corrected chi connectivity index (χ0v) is 8.50. The van der Waals surface area contributed by atoms with Gasteiger partial charge in [-0.2, -0.15) is 8.42 Å². The van der Waals surface area contributed by atoms with E-state index in [1.165, 1.54) is 0 Å². The number of nitrogen functional groups attached to an aromatic ring is 1. The molecule has 0 saturated carbocycles. The van der Waals surface area contributed by atoms with E-state index >= 15 is 0 Å². The van der Waals surface area contributed by atoms with Crippen LogP contribution < -0.4 is 5.73 Å². The smallest absolute Gasteiger partial charge is 0.264 e. The van der Waals surface area contributed by atoms with Gasteiger partial charge in [0.25, 0.3) is 10.1 Å². The summed E-state index contributed by atoms with van der Waals surface area (Å²) < 4.78 is 29.3. The van der Waals surface area contributed by atoms with E-state index in [1.54, 1.807) is 12.1 Å². The second-order valence-electron chi connectivity index (χ2n) is 3.13. The van der Waals surface area contributed by atoms with E-state index in [0.717, 1.165) is 5.56 Å². The third-order valence-electron chi connectivity index (χ3n) is 1.82. The molecule has 78 valence electrons. The van der Waals surface area contributed by atoms with Crippen molar-refractivity contribution in [1.29, 1.82) is 0 Å². The standard InChI is InChI=1S/C9H13NO3S/c10-9-5-1-3-8(7-9)4-2-6-14(11,12)13/h1,3,5,7H,2,4,6,10H2,(H,11,12,13). The van der Waals surface area contributed by atoms with Gasteiger partial charge in [-0.25, -0.2) is 0 Å². The van der Waals surface area contributed by atoms with Crippen LogP contribution in [0.1, 0.15) is 12.0 Å². The molecule has 1 aromatic carbocycles. The first kappa shape index (κ1) is 11.0. The Morgan fingerprint density at radius 1 is 1.36 bits per heavy atom. The molecule has 1 aromatic rings. The van der Waals surface area contributed by atoms with Crippen molar-refractivity contribution >= 4 is 15.8 Å². The normalized spacial score (nSPS) is 11.5. The van der Waals surface area contributed by atoms with Crippen molar-refractivity contribution in [1.82, 2.24) is 0 Å². The van der Waals surface area contributed by atoms with Crippen molar-refractivity contribution in [2.24, 2.45) is 0 Å². The predicted molar refractivity (Wildman–Crippen MR) is 55.6 cm³/mol. The predicted octanol–water partition coefficient (Wildman–Crippen LogP) is 1.09. The third-order valence-corrected chi connectivity index (χ3v) is 2.62. The lowest BCUT2D eigenvalue weighted by molar-refractivity contribution is 0.481. The molecule has 4 nitrogen and oxygen atoms in total. The van der Waals surface area contributed by atoms with Crippen molar-refractivity contribution in [3.05, 3.63) is 29.8 Å². The highest BCUT2D eigenvalue weighted by Gasteiger charge is 2.03. The third kappa shape index (κ3) is 4.25. The fraction of sp³-hybridized carbons (Fsp3) is 0.333. The van der Waals surface area contributed by atoms with E-state index in [2.05, 4.69) is 0 Å². The molecule has 0 aliphatic heterocycles. The highest BCUT2D eigenvalue weighted by Crippen LogP contribution is 2.08. The van der Waals surface area contributed by atoms with E-state index in [9.17, 15) is 8.42 Å². The molecule has 0 fully saturated rings. The first-order valence-corrected chi connectivity index (χ1v) is 5.88. The van der Waals surface area contributed by atoms with Crippen molar-refractivity contribution in [3.8, 4) is 0 Å². The Morgan fingerprint density at radius 3 is 2.64 bits per heavy atom. The molecule has 0 unspecified atom stereocenters. The van der Waals surface area contributed by atoms with E-state index in [0.29, 0.717) is 18.5 Å². The lowest BCUT2D eigenvalue weighted by Gasteiger charge is -2.01. The Balaban J connectivity index is 2.47. The van der Waals surface area contributed by atoms with Gasteiger partial charge in [0.1, 0.15) is 0 Å². The summed E-state index contributed by atoms with van der Waals surface area (Å²) in [5.74, 6) is -0.207. The van der Waals surface area contributed by atoms with Gasteiger partial charge >= 0.3 is 0 Å². The lowest BCUT2D eigenvalue weighted by atomic mass is 10.1. The number of benzene rings is 1. The summed E-state index contributed by atoms with van der Waals surface area (Å²) in [5.41, 5.74) is 7.19. The number of nitrogens with two attached hydrogens (primary N) is 1. The maximum Gasteiger partial charge on any atom is 0.264 e. The highest BCUT2D eigenvalue weighted by atomic mass is 32.2. The number of aryl methyl sites for hydroxylation is 1. The van der Waals surface area contributed by atoms with Crippen LogP contribution in [0.15, 0.2) is 24.3 Å². The number of anilines is 1. The first-order valence-electron chi connectivity index (χ1n) is 4.27. The van der Waals surface area contributed by atoms with Gasteiger partial charge in [-0.15, -0.1) is 0 Å². The van der Waals surface area contributed by atoms with Crippen molar-refractivity contribution in [3.63, 3.8) is 0 Å². The average Bonchev–Trinajstić information content (AvgIpc) is 2.01. The molecule has 0 heterocycles. The molecule has 1 rings (SSSR count). The van der Waals surface area contributed by atoms with Gasteiger partial charge in [0.15, 0.2) is 0 Å². The van der Waals surface area contributed by atoms with Crippen LogP contribution in [0.25, 0.3) is 0 Å². The van der Waals surface area contributed by atoms with Crippen LogP contribution in [0.5, 0.6) is 0 Å². The SMILES string of the molecule is Nc1cccc(CCCS(=O)(=O)O)c1. The minimum atomic E-state index is -3.84. The number of hydrogen-bond donors (Lipinski definition) is 2.